The van der Waals surface area contributed by atoms with Crippen LogP contribution in [0.5, 0.6) is 0 Å². The van der Waals surface area contributed by atoms with E-state index in [1.807, 2.05) is 31.2 Å². The van der Waals surface area contributed by atoms with Gasteiger partial charge in [0.1, 0.15) is 0 Å². The predicted octanol–water partition coefficient (Wildman–Crippen LogP) is 0.760. The average molecular weight is 193 g/mol. The zero-order valence-corrected chi connectivity index (χ0v) is 8.29. The molecule has 1 aromatic rings. The number of benzene rings is 1. The highest BCUT2D eigenvalue weighted by Crippen LogP contribution is 2.24. The van der Waals surface area contributed by atoms with Crippen LogP contribution in [-0.4, -0.2) is 24.8 Å². The Kier molecular flexibility index (Phi) is 2.54. The average Bonchev–Trinajstić information content (AvgIpc) is 2.19. The van der Waals surface area contributed by atoms with Crippen LogP contribution in [0.2, 0.25) is 0 Å². The number of aryl methyl sites for hydroxylation is 1. The first-order valence-electron chi connectivity index (χ1n) is 4.85. The maximum atomic E-state index is 10.2. The van der Waals surface area contributed by atoms with Crippen LogP contribution in [0.4, 0.5) is 0 Å². The number of morpholine rings is 1. The predicted molar refractivity (Wildman–Crippen MR) is 53.9 cm³/mol. The third-order valence-corrected chi connectivity index (χ3v) is 2.45. The molecule has 0 bridgehead atoms. The van der Waals surface area contributed by atoms with Gasteiger partial charge in [0.05, 0.1) is 13.2 Å². The quantitative estimate of drug-likeness (QED) is 0.692. The van der Waals surface area contributed by atoms with Gasteiger partial charge >= 0.3 is 0 Å². The SMILES string of the molecule is Cc1cccc(C2(O)CNCCO2)c1. The molecule has 3 heteroatoms. The summed E-state index contributed by atoms with van der Waals surface area (Å²) >= 11 is 0. The smallest absolute Gasteiger partial charge is 0.205 e. The molecule has 76 valence electrons. The highest BCUT2D eigenvalue weighted by Gasteiger charge is 2.32. The molecule has 1 fully saturated rings. The standard InChI is InChI=1S/C11H15NO2/c1-9-3-2-4-10(7-9)11(13)8-12-5-6-14-11/h2-4,7,12-13H,5-6,8H2,1H3. The molecule has 14 heavy (non-hydrogen) atoms. The topological polar surface area (TPSA) is 41.5 Å². The van der Waals surface area contributed by atoms with E-state index < -0.39 is 5.79 Å². The van der Waals surface area contributed by atoms with Crippen molar-refractivity contribution in [1.29, 1.82) is 0 Å². The van der Waals surface area contributed by atoms with E-state index in [0.717, 1.165) is 17.7 Å². The molecule has 3 nitrogen and oxygen atoms in total. The Morgan fingerprint density at radius 2 is 2.36 bits per heavy atom. The molecule has 0 radical (unpaired) electrons. The fourth-order valence-electron chi connectivity index (χ4n) is 1.67. The lowest BCUT2D eigenvalue weighted by molar-refractivity contribution is -0.222. The van der Waals surface area contributed by atoms with E-state index in [9.17, 15) is 5.11 Å². The molecule has 1 atom stereocenters. The van der Waals surface area contributed by atoms with Crippen molar-refractivity contribution in [3.63, 3.8) is 0 Å². The van der Waals surface area contributed by atoms with Gasteiger partial charge in [-0.15, -0.1) is 0 Å². The summed E-state index contributed by atoms with van der Waals surface area (Å²) in [6, 6.07) is 7.77. The van der Waals surface area contributed by atoms with Crippen LogP contribution >= 0.6 is 0 Å². The molecule has 1 saturated heterocycles. The van der Waals surface area contributed by atoms with Gasteiger partial charge in [-0.1, -0.05) is 29.8 Å². The maximum absolute atomic E-state index is 10.2. The second-order valence-corrected chi connectivity index (χ2v) is 3.68. The van der Waals surface area contributed by atoms with Crippen molar-refractivity contribution in [2.75, 3.05) is 19.7 Å². The fraction of sp³-hybridized carbons (Fsp3) is 0.455. The van der Waals surface area contributed by atoms with Crippen molar-refractivity contribution in [2.45, 2.75) is 12.7 Å². The van der Waals surface area contributed by atoms with E-state index in [1.54, 1.807) is 0 Å². The minimum atomic E-state index is -1.15. The van der Waals surface area contributed by atoms with Crippen LogP contribution in [0, 0.1) is 6.92 Å². The highest BCUT2D eigenvalue weighted by atomic mass is 16.6. The molecule has 1 aliphatic rings. The molecule has 0 aliphatic carbocycles. The van der Waals surface area contributed by atoms with Crippen molar-refractivity contribution in [3.05, 3.63) is 35.4 Å². The number of ether oxygens (including phenoxy) is 1. The molecule has 0 amide bonds. The Morgan fingerprint density at radius 1 is 1.50 bits per heavy atom. The summed E-state index contributed by atoms with van der Waals surface area (Å²) in [5.41, 5.74) is 1.95. The van der Waals surface area contributed by atoms with E-state index in [4.69, 9.17) is 4.74 Å². The Morgan fingerprint density at radius 3 is 3.00 bits per heavy atom. The van der Waals surface area contributed by atoms with Gasteiger partial charge in [-0.3, -0.25) is 0 Å². The van der Waals surface area contributed by atoms with Gasteiger partial charge in [-0.05, 0) is 6.92 Å². The number of hydrogen-bond donors (Lipinski definition) is 2. The summed E-state index contributed by atoms with van der Waals surface area (Å²) in [6.45, 7) is 3.80. The molecule has 1 heterocycles. The molecule has 0 spiro atoms. The van der Waals surface area contributed by atoms with Gasteiger partial charge < -0.3 is 15.2 Å². The molecular formula is C11H15NO2. The summed E-state index contributed by atoms with van der Waals surface area (Å²) in [6.07, 6.45) is 0. The van der Waals surface area contributed by atoms with Crippen LogP contribution in [0.25, 0.3) is 0 Å². The molecular weight excluding hydrogens is 178 g/mol. The highest BCUT2D eigenvalue weighted by molar-refractivity contribution is 5.26. The van der Waals surface area contributed by atoms with E-state index >= 15 is 0 Å². The Balaban J connectivity index is 2.28. The zero-order valence-electron chi connectivity index (χ0n) is 8.29. The Labute approximate surface area is 83.7 Å². The summed E-state index contributed by atoms with van der Waals surface area (Å²) in [4.78, 5) is 0. The van der Waals surface area contributed by atoms with Gasteiger partial charge in [-0.2, -0.15) is 0 Å². The van der Waals surface area contributed by atoms with Crippen LogP contribution in [0.15, 0.2) is 24.3 Å². The second-order valence-electron chi connectivity index (χ2n) is 3.68. The molecule has 2 N–H and O–H groups in total. The summed E-state index contributed by atoms with van der Waals surface area (Å²) < 4.78 is 5.40. The molecule has 0 saturated carbocycles. The number of nitrogens with one attached hydrogen (secondary N) is 1. The molecule has 0 aromatic heterocycles. The van der Waals surface area contributed by atoms with Gasteiger partial charge in [0.15, 0.2) is 0 Å². The minimum absolute atomic E-state index is 0.455. The number of aliphatic hydroxyl groups is 1. The molecule has 2 rings (SSSR count). The van der Waals surface area contributed by atoms with Crippen LogP contribution < -0.4 is 5.32 Å². The fourth-order valence-corrected chi connectivity index (χ4v) is 1.67. The van der Waals surface area contributed by atoms with Crippen molar-refractivity contribution < 1.29 is 9.84 Å². The van der Waals surface area contributed by atoms with Crippen LogP contribution in [-0.2, 0) is 10.5 Å². The van der Waals surface area contributed by atoms with Crippen molar-refractivity contribution in [3.8, 4) is 0 Å². The molecule has 1 aliphatic heterocycles. The molecule has 1 unspecified atom stereocenters. The maximum Gasteiger partial charge on any atom is 0.205 e. The van der Waals surface area contributed by atoms with Gasteiger partial charge in [0, 0.05) is 12.1 Å². The Bertz CT molecular complexity index is 319. The van der Waals surface area contributed by atoms with Crippen molar-refractivity contribution in [2.24, 2.45) is 0 Å². The lowest BCUT2D eigenvalue weighted by Crippen LogP contribution is -2.47. The largest absolute Gasteiger partial charge is 0.361 e. The number of hydrogen-bond acceptors (Lipinski definition) is 3. The van der Waals surface area contributed by atoms with Crippen LogP contribution in [0.3, 0.4) is 0 Å². The van der Waals surface area contributed by atoms with Gasteiger partial charge in [-0.25, -0.2) is 0 Å². The first-order chi connectivity index (χ1) is 6.71. The lowest BCUT2D eigenvalue weighted by atomic mass is 10.0. The van der Waals surface area contributed by atoms with Crippen LogP contribution in [0.1, 0.15) is 11.1 Å². The van der Waals surface area contributed by atoms with E-state index in [-0.39, 0.29) is 0 Å². The third kappa shape index (κ3) is 1.80. The third-order valence-electron chi connectivity index (χ3n) is 2.45. The summed E-state index contributed by atoms with van der Waals surface area (Å²) in [7, 11) is 0. The second kappa shape index (κ2) is 3.69. The van der Waals surface area contributed by atoms with Crippen molar-refractivity contribution in [1.82, 2.24) is 5.32 Å². The van der Waals surface area contributed by atoms with Crippen molar-refractivity contribution >= 4 is 0 Å². The summed E-state index contributed by atoms with van der Waals surface area (Å²) in [5.74, 6) is -1.15. The van der Waals surface area contributed by atoms with Gasteiger partial charge in [0.25, 0.3) is 0 Å². The van der Waals surface area contributed by atoms with E-state index in [2.05, 4.69) is 5.32 Å². The number of β-amino-alcohol motifs (C(OH)–C–C–N with tert-alkyl or cyclic N) is 1. The number of rotatable bonds is 1. The first kappa shape index (κ1) is 9.65. The molecule has 1 aromatic carbocycles. The van der Waals surface area contributed by atoms with E-state index in [0.29, 0.717) is 13.2 Å². The Hall–Kier alpha value is -0.900. The lowest BCUT2D eigenvalue weighted by Gasteiger charge is -2.33. The van der Waals surface area contributed by atoms with Gasteiger partial charge in [0.2, 0.25) is 5.79 Å². The zero-order chi connectivity index (χ0) is 10.0. The summed E-state index contributed by atoms with van der Waals surface area (Å²) in [5, 5.41) is 13.3. The monoisotopic (exact) mass is 193 g/mol. The minimum Gasteiger partial charge on any atom is -0.361 e. The first-order valence-corrected chi connectivity index (χ1v) is 4.85. The van der Waals surface area contributed by atoms with E-state index in [1.165, 1.54) is 0 Å². The normalized spacial score (nSPS) is 27.6.